The Bertz CT molecular complexity index is 1270. The first-order chi connectivity index (χ1) is 14.1. The zero-order valence-electron chi connectivity index (χ0n) is 16.7. The maximum Gasteiger partial charge on any atom is 0.335 e. The quantitative estimate of drug-likeness (QED) is 0.459. The lowest BCUT2D eigenvalue weighted by atomic mass is 9.84. The van der Waals surface area contributed by atoms with E-state index in [4.69, 9.17) is 16.7 Å². The van der Waals surface area contributed by atoms with Crippen molar-refractivity contribution >= 4 is 28.6 Å². The van der Waals surface area contributed by atoms with Crippen molar-refractivity contribution in [2.75, 3.05) is 0 Å². The first kappa shape index (κ1) is 19.9. The third-order valence-electron chi connectivity index (χ3n) is 4.92. The van der Waals surface area contributed by atoms with Crippen LogP contribution in [0.2, 0.25) is 5.02 Å². The summed E-state index contributed by atoms with van der Waals surface area (Å²) in [5, 5.41) is 29.7. The van der Waals surface area contributed by atoms with Gasteiger partial charge in [-0.15, -0.1) is 15.0 Å². The van der Waals surface area contributed by atoms with Crippen molar-refractivity contribution < 1.29 is 15.0 Å². The predicted octanol–water partition coefficient (Wildman–Crippen LogP) is 5.44. The largest absolute Gasteiger partial charge is 0.505 e. The lowest BCUT2D eigenvalue weighted by molar-refractivity contribution is 0.0697. The monoisotopic (exact) mass is 421 g/mol. The summed E-state index contributed by atoms with van der Waals surface area (Å²) in [6.07, 6.45) is 0. The summed E-state index contributed by atoms with van der Waals surface area (Å²) in [5.74, 6) is -0.880. The van der Waals surface area contributed by atoms with Crippen molar-refractivity contribution in [2.45, 2.75) is 26.2 Å². The van der Waals surface area contributed by atoms with E-state index in [9.17, 15) is 9.90 Å². The maximum atomic E-state index is 11.2. The molecule has 152 valence electrons. The molecule has 0 aliphatic heterocycles. The average Bonchev–Trinajstić information content (AvgIpc) is 3.10. The Morgan fingerprint density at radius 1 is 0.933 bits per heavy atom. The summed E-state index contributed by atoms with van der Waals surface area (Å²) in [6, 6.07) is 15.6. The van der Waals surface area contributed by atoms with Crippen molar-refractivity contribution in [3.8, 4) is 22.6 Å². The van der Waals surface area contributed by atoms with E-state index in [2.05, 4.69) is 10.2 Å². The first-order valence-electron chi connectivity index (χ1n) is 9.38. The van der Waals surface area contributed by atoms with Crippen LogP contribution in [-0.2, 0) is 5.41 Å². The standard InChI is InChI=1S/C23H20ClN3O3/c1-23(2,3)17-10-15(13-4-6-14(7-5-13)22(29)30)11-20(21(17)28)27-25-18-9-8-16(24)12-19(18)26-27/h4-12,28H,1-3H3,(H,29,30). The molecule has 1 aromatic heterocycles. The van der Waals surface area contributed by atoms with Crippen LogP contribution in [0.4, 0.5) is 0 Å². The summed E-state index contributed by atoms with van der Waals surface area (Å²) in [5.41, 5.74) is 3.97. The number of halogens is 1. The Balaban J connectivity index is 1.92. The lowest BCUT2D eigenvalue weighted by Gasteiger charge is -2.23. The molecule has 0 saturated carbocycles. The summed E-state index contributed by atoms with van der Waals surface area (Å²) in [6.45, 7) is 6.03. The van der Waals surface area contributed by atoms with E-state index in [0.29, 0.717) is 21.7 Å². The number of carbonyl (C=O) groups is 1. The summed E-state index contributed by atoms with van der Waals surface area (Å²) in [4.78, 5) is 12.6. The van der Waals surface area contributed by atoms with Gasteiger partial charge in [0.1, 0.15) is 22.5 Å². The van der Waals surface area contributed by atoms with Crippen molar-refractivity contribution in [3.05, 3.63) is 70.7 Å². The molecule has 1 heterocycles. The second-order valence-corrected chi connectivity index (χ2v) is 8.58. The maximum absolute atomic E-state index is 11.2. The third-order valence-corrected chi connectivity index (χ3v) is 5.16. The number of aromatic carboxylic acids is 1. The topological polar surface area (TPSA) is 88.2 Å². The molecule has 30 heavy (non-hydrogen) atoms. The Morgan fingerprint density at radius 2 is 1.60 bits per heavy atom. The number of hydrogen-bond acceptors (Lipinski definition) is 4. The van der Waals surface area contributed by atoms with E-state index in [0.717, 1.165) is 16.7 Å². The number of aromatic hydroxyl groups is 1. The molecule has 3 aromatic carbocycles. The fraction of sp³-hybridized carbons (Fsp3) is 0.174. The highest BCUT2D eigenvalue weighted by Gasteiger charge is 2.23. The molecule has 7 heteroatoms. The molecule has 0 saturated heterocycles. The summed E-state index contributed by atoms with van der Waals surface area (Å²) >= 11 is 6.06. The first-order valence-corrected chi connectivity index (χ1v) is 9.75. The highest BCUT2D eigenvalue weighted by Crippen LogP contribution is 2.39. The molecule has 0 unspecified atom stereocenters. The average molecular weight is 422 g/mol. The molecule has 0 fully saturated rings. The molecular formula is C23H20ClN3O3. The van der Waals surface area contributed by atoms with Crippen LogP contribution in [0.5, 0.6) is 5.75 Å². The molecule has 0 atom stereocenters. The van der Waals surface area contributed by atoms with Crippen molar-refractivity contribution in [1.82, 2.24) is 15.0 Å². The molecule has 6 nitrogen and oxygen atoms in total. The number of benzene rings is 3. The fourth-order valence-electron chi connectivity index (χ4n) is 3.31. The van der Waals surface area contributed by atoms with Gasteiger partial charge in [0.25, 0.3) is 0 Å². The van der Waals surface area contributed by atoms with Crippen LogP contribution in [0.1, 0.15) is 36.7 Å². The normalized spacial score (nSPS) is 11.7. The SMILES string of the molecule is CC(C)(C)c1cc(-c2ccc(C(=O)O)cc2)cc(-n2nc3ccc(Cl)cc3n2)c1O. The second-order valence-electron chi connectivity index (χ2n) is 8.15. The lowest BCUT2D eigenvalue weighted by Crippen LogP contribution is -2.13. The molecular weight excluding hydrogens is 402 g/mol. The van der Waals surface area contributed by atoms with Crippen LogP contribution in [0, 0.1) is 0 Å². The number of nitrogens with zero attached hydrogens (tertiary/aromatic N) is 3. The third kappa shape index (κ3) is 3.62. The minimum atomic E-state index is -0.977. The van der Waals surface area contributed by atoms with Crippen molar-refractivity contribution in [1.29, 1.82) is 0 Å². The summed E-state index contributed by atoms with van der Waals surface area (Å²) < 4.78 is 0. The molecule has 2 N–H and O–H groups in total. The van der Waals surface area contributed by atoms with Crippen LogP contribution in [-0.4, -0.2) is 31.2 Å². The highest BCUT2D eigenvalue weighted by atomic mass is 35.5. The van der Waals surface area contributed by atoms with Gasteiger partial charge in [-0.05, 0) is 59.0 Å². The minimum Gasteiger partial charge on any atom is -0.505 e. The van der Waals surface area contributed by atoms with E-state index in [1.54, 1.807) is 48.5 Å². The number of aromatic nitrogens is 3. The molecule has 0 bridgehead atoms. The number of fused-ring (bicyclic) bond motifs is 1. The van der Waals surface area contributed by atoms with Crippen LogP contribution in [0.25, 0.3) is 27.8 Å². The van der Waals surface area contributed by atoms with Crippen LogP contribution in [0.15, 0.2) is 54.6 Å². The van der Waals surface area contributed by atoms with Gasteiger partial charge in [0.05, 0.1) is 5.56 Å². The van der Waals surface area contributed by atoms with E-state index in [1.165, 1.54) is 4.80 Å². The van der Waals surface area contributed by atoms with E-state index < -0.39 is 5.97 Å². The molecule has 4 aromatic rings. The molecule has 0 spiro atoms. The molecule has 0 amide bonds. The number of phenolic OH excluding ortho intramolecular Hbond substituents is 1. The zero-order valence-corrected chi connectivity index (χ0v) is 17.5. The number of carboxylic acid groups (broad SMARTS) is 1. The van der Waals surface area contributed by atoms with E-state index in [1.807, 2.05) is 26.8 Å². The number of hydrogen-bond donors (Lipinski definition) is 2. The Hall–Kier alpha value is -3.38. The Kier molecular flexibility index (Phi) is 4.74. The van der Waals surface area contributed by atoms with Gasteiger partial charge in [-0.25, -0.2) is 4.79 Å². The molecule has 0 radical (unpaired) electrons. The van der Waals surface area contributed by atoms with Gasteiger partial charge in [0.15, 0.2) is 0 Å². The smallest absolute Gasteiger partial charge is 0.335 e. The van der Waals surface area contributed by atoms with Gasteiger partial charge in [-0.2, -0.15) is 0 Å². The van der Waals surface area contributed by atoms with Gasteiger partial charge < -0.3 is 10.2 Å². The van der Waals surface area contributed by atoms with Gasteiger partial charge in [-0.1, -0.05) is 44.5 Å². The fourth-order valence-corrected chi connectivity index (χ4v) is 3.48. The van der Waals surface area contributed by atoms with Gasteiger partial charge >= 0.3 is 5.97 Å². The van der Waals surface area contributed by atoms with Gasteiger partial charge in [0.2, 0.25) is 0 Å². The zero-order chi connectivity index (χ0) is 21.6. The predicted molar refractivity (Wildman–Crippen MR) is 117 cm³/mol. The number of phenols is 1. The van der Waals surface area contributed by atoms with E-state index >= 15 is 0 Å². The Morgan fingerprint density at radius 3 is 2.23 bits per heavy atom. The van der Waals surface area contributed by atoms with E-state index in [-0.39, 0.29) is 16.7 Å². The van der Waals surface area contributed by atoms with Crippen LogP contribution >= 0.6 is 11.6 Å². The van der Waals surface area contributed by atoms with Crippen molar-refractivity contribution in [2.24, 2.45) is 0 Å². The molecule has 0 aliphatic rings. The van der Waals surface area contributed by atoms with Gasteiger partial charge in [-0.3, -0.25) is 0 Å². The minimum absolute atomic E-state index is 0.0970. The molecule has 0 aliphatic carbocycles. The highest BCUT2D eigenvalue weighted by molar-refractivity contribution is 6.31. The Labute approximate surface area is 178 Å². The second kappa shape index (κ2) is 7.15. The van der Waals surface area contributed by atoms with Crippen LogP contribution < -0.4 is 0 Å². The molecule has 4 rings (SSSR count). The summed E-state index contributed by atoms with van der Waals surface area (Å²) in [7, 11) is 0. The number of carboxylic acids is 1. The van der Waals surface area contributed by atoms with Crippen molar-refractivity contribution in [3.63, 3.8) is 0 Å². The number of rotatable bonds is 3. The van der Waals surface area contributed by atoms with Crippen LogP contribution in [0.3, 0.4) is 0 Å². The van der Waals surface area contributed by atoms with Gasteiger partial charge in [0, 0.05) is 10.6 Å².